The minimum atomic E-state index is -4.10. The van der Waals surface area contributed by atoms with Crippen molar-refractivity contribution < 1.29 is 26.7 Å². The van der Waals surface area contributed by atoms with Crippen molar-refractivity contribution in [1.82, 2.24) is 0 Å². The molecular formula is C14H10F2N2O4S. The average Bonchev–Trinajstić information content (AvgIpc) is 2.49. The molecule has 23 heavy (non-hydrogen) atoms. The first kappa shape index (κ1) is 15.2. The minimum absolute atomic E-state index is 0.118. The fourth-order valence-electron chi connectivity index (χ4n) is 2.00. The molecule has 0 atom stereocenters. The summed E-state index contributed by atoms with van der Waals surface area (Å²) >= 11 is 0. The molecule has 1 aliphatic rings. The molecule has 0 unspecified atom stereocenters. The molecule has 6 nitrogen and oxygen atoms in total. The molecule has 2 aromatic rings. The van der Waals surface area contributed by atoms with Gasteiger partial charge in [0.25, 0.3) is 15.9 Å². The van der Waals surface area contributed by atoms with Gasteiger partial charge in [0.05, 0.1) is 16.3 Å². The predicted octanol–water partition coefficient (Wildman–Crippen LogP) is 2.10. The Labute approximate surface area is 130 Å². The molecule has 1 aliphatic heterocycles. The Hall–Kier alpha value is -2.68. The van der Waals surface area contributed by atoms with Gasteiger partial charge in [0.2, 0.25) is 0 Å². The van der Waals surface area contributed by atoms with Crippen LogP contribution in [-0.2, 0) is 14.8 Å². The van der Waals surface area contributed by atoms with Crippen LogP contribution < -0.4 is 14.8 Å². The van der Waals surface area contributed by atoms with Crippen LogP contribution in [0, 0.1) is 11.6 Å². The fourth-order valence-corrected chi connectivity index (χ4v) is 3.07. The van der Waals surface area contributed by atoms with Gasteiger partial charge in [-0.25, -0.2) is 17.2 Å². The normalized spacial score (nSPS) is 13.7. The van der Waals surface area contributed by atoms with Crippen molar-refractivity contribution in [3.63, 3.8) is 0 Å². The van der Waals surface area contributed by atoms with Crippen LogP contribution in [0.1, 0.15) is 0 Å². The van der Waals surface area contributed by atoms with E-state index in [2.05, 4.69) is 10.0 Å². The standard InChI is InChI=1S/C14H10F2N2O4S/c15-10-3-2-9(6-11(10)16)23(20,21)18-8-1-4-13-12(5-8)17-14(19)7-22-13/h1-6,18H,7H2,(H,17,19). The number of ether oxygens (including phenoxy) is 1. The maximum atomic E-state index is 13.2. The van der Waals surface area contributed by atoms with Gasteiger partial charge in [-0.3, -0.25) is 9.52 Å². The van der Waals surface area contributed by atoms with Crippen LogP contribution >= 0.6 is 0 Å². The molecule has 0 aromatic heterocycles. The van der Waals surface area contributed by atoms with Crippen LogP contribution in [0.2, 0.25) is 0 Å². The van der Waals surface area contributed by atoms with Crippen LogP contribution in [0.3, 0.4) is 0 Å². The average molecular weight is 340 g/mol. The van der Waals surface area contributed by atoms with Gasteiger partial charge in [0.1, 0.15) is 5.75 Å². The highest BCUT2D eigenvalue weighted by molar-refractivity contribution is 7.92. The van der Waals surface area contributed by atoms with Crippen LogP contribution in [0.4, 0.5) is 20.2 Å². The van der Waals surface area contributed by atoms with E-state index >= 15 is 0 Å². The Morgan fingerprint density at radius 3 is 2.61 bits per heavy atom. The van der Waals surface area contributed by atoms with E-state index in [1.54, 1.807) is 0 Å². The summed E-state index contributed by atoms with van der Waals surface area (Å²) in [5.41, 5.74) is 0.450. The highest BCUT2D eigenvalue weighted by Crippen LogP contribution is 2.31. The molecule has 0 aliphatic carbocycles. The Morgan fingerprint density at radius 2 is 1.87 bits per heavy atom. The lowest BCUT2D eigenvalue weighted by Crippen LogP contribution is -2.25. The quantitative estimate of drug-likeness (QED) is 0.896. The predicted molar refractivity (Wildman–Crippen MR) is 77.7 cm³/mol. The SMILES string of the molecule is O=C1COc2ccc(NS(=O)(=O)c3ccc(F)c(F)c3)cc2N1. The van der Waals surface area contributed by atoms with Gasteiger partial charge in [-0.15, -0.1) is 0 Å². The number of benzene rings is 2. The van der Waals surface area contributed by atoms with E-state index in [1.807, 2.05) is 0 Å². The zero-order valence-corrected chi connectivity index (χ0v) is 12.3. The molecule has 0 bridgehead atoms. The Morgan fingerprint density at radius 1 is 1.09 bits per heavy atom. The Kier molecular flexibility index (Phi) is 3.64. The second kappa shape index (κ2) is 5.51. The summed E-state index contributed by atoms with van der Waals surface area (Å²) in [5.74, 6) is -2.37. The first-order chi connectivity index (χ1) is 10.8. The van der Waals surface area contributed by atoms with E-state index < -0.39 is 26.6 Å². The Balaban J connectivity index is 1.90. The van der Waals surface area contributed by atoms with Crippen LogP contribution in [0.5, 0.6) is 5.75 Å². The molecule has 2 aromatic carbocycles. The third-order valence-corrected chi connectivity index (χ3v) is 4.44. The molecule has 0 saturated heterocycles. The van der Waals surface area contributed by atoms with Gasteiger partial charge >= 0.3 is 0 Å². The molecule has 3 rings (SSSR count). The molecule has 0 saturated carbocycles. The second-order valence-electron chi connectivity index (χ2n) is 4.73. The van der Waals surface area contributed by atoms with Crippen molar-refractivity contribution in [2.24, 2.45) is 0 Å². The number of rotatable bonds is 3. The lowest BCUT2D eigenvalue weighted by molar-refractivity contribution is -0.118. The molecule has 0 spiro atoms. The summed E-state index contributed by atoms with van der Waals surface area (Å²) in [6.45, 7) is -0.118. The van der Waals surface area contributed by atoms with Crippen molar-refractivity contribution >= 4 is 27.3 Å². The Bertz CT molecular complexity index is 900. The maximum absolute atomic E-state index is 13.2. The summed E-state index contributed by atoms with van der Waals surface area (Å²) in [4.78, 5) is 10.8. The van der Waals surface area contributed by atoms with Crippen LogP contribution in [0.15, 0.2) is 41.3 Å². The van der Waals surface area contributed by atoms with Crippen molar-refractivity contribution in [3.05, 3.63) is 48.0 Å². The highest BCUT2D eigenvalue weighted by Gasteiger charge is 2.20. The van der Waals surface area contributed by atoms with E-state index in [-0.39, 0.29) is 18.2 Å². The van der Waals surface area contributed by atoms with E-state index in [0.29, 0.717) is 17.5 Å². The summed E-state index contributed by atoms with van der Waals surface area (Å²) in [7, 11) is -4.10. The molecule has 0 fully saturated rings. The van der Waals surface area contributed by atoms with E-state index in [1.165, 1.54) is 18.2 Å². The topological polar surface area (TPSA) is 84.5 Å². The molecule has 2 N–H and O–H groups in total. The number of carbonyl (C=O) groups is 1. The number of carbonyl (C=O) groups excluding carboxylic acids is 1. The van der Waals surface area contributed by atoms with Gasteiger partial charge in [-0.1, -0.05) is 0 Å². The number of sulfonamides is 1. The van der Waals surface area contributed by atoms with Gasteiger partial charge in [-0.2, -0.15) is 0 Å². The maximum Gasteiger partial charge on any atom is 0.262 e. The summed E-state index contributed by atoms with van der Waals surface area (Å²) in [6.07, 6.45) is 0. The number of anilines is 2. The van der Waals surface area contributed by atoms with E-state index in [9.17, 15) is 22.0 Å². The van der Waals surface area contributed by atoms with E-state index in [4.69, 9.17) is 4.74 Å². The lowest BCUT2D eigenvalue weighted by atomic mass is 10.2. The number of hydrogen-bond donors (Lipinski definition) is 2. The number of halogens is 2. The first-order valence-electron chi connectivity index (χ1n) is 6.40. The van der Waals surface area contributed by atoms with Gasteiger partial charge in [0.15, 0.2) is 18.2 Å². The molecule has 1 heterocycles. The monoisotopic (exact) mass is 340 g/mol. The van der Waals surface area contributed by atoms with Crippen molar-refractivity contribution in [3.8, 4) is 5.75 Å². The molecule has 1 amide bonds. The minimum Gasteiger partial charge on any atom is -0.482 e. The van der Waals surface area contributed by atoms with Crippen molar-refractivity contribution in [1.29, 1.82) is 0 Å². The summed E-state index contributed by atoms with van der Waals surface area (Å²) in [6, 6.07) is 6.53. The third kappa shape index (κ3) is 3.09. The zero-order valence-electron chi connectivity index (χ0n) is 11.5. The van der Waals surface area contributed by atoms with Gasteiger partial charge in [-0.05, 0) is 36.4 Å². The smallest absolute Gasteiger partial charge is 0.262 e. The molecule has 120 valence electrons. The molecular weight excluding hydrogens is 330 g/mol. The van der Waals surface area contributed by atoms with Gasteiger partial charge < -0.3 is 10.1 Å². The van der Waals surface area contributed by atoms with Crippen LogP contribution in [-0.4, -0.2) is 20.9 Å². The van der Waals surface area contributed by atoms with Crippen molar-refractivity contribution in [2.45, 2.75) is 4.90 Å². The number of fused-ring (bicyclic) bond motifs is 1. The molecule has 9 heteroatoms. The zero-order chi connectivity index (χ0) is 16.6. The van der Waals surface area contributed by atoms with Crippen molar-refractivity contribution in [2.75, 3.05) is 16.6 Å². The van der Waals surface area contributed by atoms with Crippen LogP contribution in [0.25, 0.3) is 0 Å². The third-order valence-electron chi connectivity index (χ3n) is 3.07. The summed E-state index contributed by atoms with van der Waals surface area (Å²) < 4.78 is 57.8. The first-order valence-corrected chi connectivity index (χ1v) is 7.88. The largest absolute Gasteiger partial charge is 0.482 e. The highest BCUT2D eigenvalue weighted by atomic mass is 32.2. The van der Waals surface area contributed by atoms with E-state index in [0.717, 1.165) is 12.1 Å². The number of hydrogen-bond acceptors (Lipinski definition) is 4. The number of nitrogens with one attached hydrogen (secondary N) is 2. The second-order valence-corrected chi connectivity index (χ2v) is 6.41. The van der Waals surface area contributed by atoms with Gasteiger partial charge in [0, 0.05) is 0 Å². The molecule has 0 radical (unpaired) electrons. The summed E-state index contributed by atoms with van der Waals surface area (Å²) in [5, 5.41) is 2.53. The fraction of sp³-hybridized carbons (Fsp3) is 0.0714. The number of amides is 1. The lowest BCUT2D eigenvalue weighted by Gasteiger charge is -2.18.